The molecule has 2 heterocycles. The summed E-state index contributed by atoms with van der Waals surface area (Å²) >= 11 is 0. The minimum Gasteiger partial charge on any atom is -0.336 e. The van der Waals surface area contributed by atoms with Crippen LogP contribution in [0.1, 0.15) is 10.4 Å². The predicted molar refractivity (Wildman–Crippen MR) is 109 cm³/mol. The van der Waals surface area contributed by atoms with E-state index in [1.54, 1.807) is 23.0 Å². The van der Waals surface area contributed by atoms with Gasteiger partial charge in [0.2, 0.25) is 0 Å². The minimum atomic E-state index is -0.437. The molecule has 29 heavy (non-hydrogen) atoms. The molecule has 1 aliphatic heterocycles. The highest BCUT2D eigenvalue weighted by molar-refractivity contribution is 6.00. The molecule has 0 N–H and O–H groups in total. The highest BCUT2D eigenvalue weighted by atomic mass is 16.6. The highest BCUT2D eigenvalue weighted by Crippen LogP contribution is 2.28. The zero-order chi connectivity index (χ0) is 20.4. The van der Waals surface area contributed by atoms with Crippen LogP contribution in [0.2, 0.25) is 0 Å². The first kappa shape index (κ1) is 18.8. The van der Waals surface area contributed by atoms with E-state index < -0.39 is 4.92 Å². The second-order valence-corrected chi connectivity index (χ2v) is 7.05. The van der Waals surface area contributed by atoms with E-state index >= 15 is 0 Å². The van der Waals surface area contributed by atoms with Crippen LogP contribution >= 0.6 is 0 Å². The van der Waals surface area contributed by atoms with Crippen molar-refractivity contribution in [3.63, 3.8) is 0 Å². The molecule has 2 aromatic carbocycles. The second-order valence-electron chi connectivity index (χ2n) is 7.05. The molecule has 1 aliphatic rings. The number of aromatic nitrogens is 2. The summed E-state index contributed by atoms with van der Waals surface area (Å²) in [5, 5.41) is 15.4. The maximum Gasteiger partial charge on any atom is 0.269 e. The van der Waals surface area contributed by atoms with Gasteiger partial charge in [-0.05, 0) is 19.2 Å². The van der Waals surface area contributed by atoms with Crippen LogP contribution in [0.5, 0.6) is 0 Å². The summed E-state index contributed by atoms with van der Waals surface area (Å²) < 4.78 is 1.67. The fourth-order valence-electron chi connectivity index (χ4n) is 3.47. The van der Waals surface area contributed by atoms with Crippen LogP contribution in [0.15, 0.2) is 60.8 Å². The number of carbonyl (C=O) groups is 1. The zero-order valence-corrected chi connectivity index (χ0v) is 16.1. The summed E-state index contributed by atoms with van der Waals surface area (Å²) in [6.07, 6.45) is 1.59. The van der Waals surface area contributed by atoms with E-state index in [1.165, 1.54) is 12.1 Å². The third kappa shape index (κ3) is 3.74. The Labute approximate surface area is 168 Å². The molecule has 148 valence electrons. The quantitative estimate of drug-likeness (QED) is 0.504. The Morgan fingerprint density at radius 3 is 2.28 bits per heavy atom. The number of nitro groups is 1. The number of benzene rings is 2. The minimum absolute atomic E-state index is 0.0101. The van der Waals surface area contributed by atoms with E-state index in [0.29, 0.717) is 30.0 Å². The SMILES string of the molecule is CN1CCN(C(=O)c2cnn(-c3ccc([N+](=O)[O-])cc3)c2-c2ccccc2)CC1. The van der Waals surface area contributed by atoms with Crippen molar-refractivity contribution in [1.29, 1.82) is 0 Å². The Hall–Kier alpha value is -3.52. The maximum absolute atomic E-state index is 13.3. The molecule has 8 heteroatoms. The third-order valence-corrected chi connectivity index (χ3v) is 5.14. The van der Waals surface area contributed by atoms with E-state index in [-0.39, 0.29) is 11.6 Å². The first-order chi connectivity index (χ1) is 14.0. The van der Waals surface area contributed by atoms with Gasteiger partial charge in [0.15, 0.2) is 0 Å². The van der Waals surface area contributed by atoms with Gasteiger partial charge in [-0.1, -0.05) is 30.3 Å². The standard InChI is InChI=1S/C21H21N5O3/c1-23-11-13-24(14-12-23)21(27)19-15-22-25(20(19)16-5-3-2-4-6-16)17-7-9-18(10-8-17)26(28)29/h2-10,15H,11-14H2,1H3. The van der Waals surface area contributed by atoms with Crippen molar-refractivity contribution in [3.8, 4) is 16.9 Å². The molecule has 1 amide bonds. The Morgan fingerprint density at radius 2 is 1.66 bits per heavy atom. The van der Waals surface area contributed by atoms with Gasteiger partial charge in [-0.15, -0.1) is 0 Å². The molecule has 1 saturated heterocycles. The average molecular weight is 391 g/mol. The number of rotatable bonds is 4. The number of nitrogens with zero attached hydrogens (tertiary/aromatic N) is 5. The fourth-order valence-corrected chi connectivity index (χ4v) is 3.47. The molecule has 0 atom stereocenters. The van der Waals surface area contributed by atoms with Crippen molar-refractivity contribution in [2.75, 3.05) is 33.2 Å². The van der Waals surface area contributed by atoms with Crippen LogP contribution < -0.4 is 0 Å². The van der Waals surface area contributed by atoms with Gasteiger partial charge in [0.25, 0.3) is 11.6 Å². The molecule has 0 aliphatic carbocycles. The number of piperazine rings is 1. The van der Waals surface area contributed by atoms with Gasteiger partial charge in [0.1, 0.15) is 0 Å². The summed E-state index contributed by atoms with van der Waals surface area (Å²) in [5.41, 5.74) is 2.74. The number of hydrogen-bond donors (Lipinski definition) is 0. The van der Waals surface area contributed by atoms with E-state index in [2.05, 4.69) is 10.00 Å². The van der Waals surface area contributed by atoms with E-state index in [9.17, 15) is 14.9 Å². The van der Waals surface area contributed by atoms with Crippen LogP contribution in [0.3, 0.4) is 0 Å². The molecule has 0 saturated carbocycles. The molecular weight excluding hydrogens is 370 g/mol. The summed E-state index contributed by atoms with van der Waals surface area (Å²) in [6.45, 7) is 3.02. The zero-order valence-electron chi connectivity index (χ0n) is 16.1. The van der Waals surface area contributed by atoms with Gasteiger partial charge in [-0.25, -0.2) is 4.68 Å². The first-order valence-corrected chi connectivity index (χ1v) is 9.40. The van der Waals surface area contributed by atoms with Crippen molar-refractivity contribution in [3.05, 3.63) is 76.5 Å². The van der Waals surface area contributed by atoms with Crippen LogP contribution in [-0.2, 0) is 0 Å². The molecule has 0 unspecified atom stereocenters. The Kier molecular flexibility index (Phi) is 5.09. The van der Waals surface area contributed by atoms with Gasteiger partial charge in [-0.2, -0.15) is 5.10 Å². The number of hydrogen-bond acceptors (Lipinski definition) is 5. The first-order valence-electron chi connectivity index (χ1n) is 9.40. The Morgan fingerprint density at radius 1 is 1.00 bits per heavy atom. The highest BCUT2D eigenvalue weighted by Gasteiger charge is 2.26. The predicted octanol–water partition coefficient (Wildman–Crippen LogP) is 2.84. The summed E-state index contributed by atoms with van der Waals surface area (Å²) in [7, 11) is 2.05. The molecule has 4 rings (SSSR count). The molecule has 8 nitrogen and oxygen atoms in total. The lowest BCUT2D eigenvalue weighted by atomic mass is 10.1. The number of amides is 1. The lowest BCUT2D eigenvalue weighted by molar-refractivity contribution is -0.384. The van der Waals surface area contributed by atoms with Crippen molar-refractivity contribution in [2.24, 2.45) is 0 Å². The van der Waals surface area contributed by atoms with Crippen molar-refractivity contribution < 1.29 is 9.72 Å². The summed E-state index contributed by atoms with van der Waals surface area (Å²) in [5.74, 6) is -0.0508. The monoisotopic (exact) mass is 391 g/mol. The number of carbonyl (C=O) groups excluding carboxylic acids is 1. The fraction of sp³-hybridized carbons (Fsp3) is 0.238. The van der Waals surface area contributed by atoms with Crippen LogP contribution in [0, 0.1) is 10.1 Å². The molecule has 0 bridgehead atoms. The summed E-state index contributed by atoms with van der Waals surface area (Å²) in [6, 6.07) is 15.8. The molecule has 3 aromatic rings. The van der Waals surface area contributed by atoms with Crippen molar-refractivity contribution >= 4 is 11.6 Å². The topological polar surface area (TPSA) is 84.5 Å². The van der Waals surface area contributed by atoms with E-state index in [1.807, 2.05) is 42.3 Å². The largest absolute Gasteiger partial charge is 0.336 e. The van der Waals surface area contributed by atoms with Gasteiger partial charge in [0, 0.05) is 43.9 Å². The summed E-state index contributed by atoms with van der Waals surface area (Å²) in [4.78, 5) is 27.8. The van der Waals surface area contributed by atoms with Crippen LogP contribution in [0.25, 0.3) is 16.9 Å². The smallest absolute Gasteiger partial charge is 0.269 e. The molecule has 0 radical (unpaired) electrons. The lowest BCUT2D eigenvalue weighted by Gasteiger charge is -2.32. The van der Waals surface area contributed by atoms with Crippen molar-refractivity contribution in [1.82, 2.24) is 19.6 Å². The molecule has 0 spiro atoms. The Balaban J connectivity index is 1.77. The maximum atomic E-state index is 13.3. The van der Waals surface area contributed by atoms with Gasteiger partial charge in [0.05, 0.1) is 28.1 Å². The normalized spacial score (nSPS) is 14.7. The van der Waals surface area contributed by atoms with Crippen molar-refractivity contribution in [2.45, 2.75) is 0 Å². The van der Waals surface area contributed by atoms with Crippen LogP contribution in [-0.4, -0.2) is 63.6 Å². The Bertz CT molecular complexity index is 1020. The van der Waals surface area contributed by atoms with E-state index in [4.69, 9.17) is 0 Å². The number of nitro benzene ring substituents is 1. The molecule has 1 fully saturated rings. The number of likely N-dealkylation sites (N-methyl/N-ethyl adjacent to an activating group) is 1. The average Bonchev–Trinajstić information content (AvgIpc) is 3.19. The van der Waals surface area contributed by atoms with Crippen LogP contribution in [0.4, 0.5) is 5.69 Å². The van der Waals surface area contributed by atoms with Gasteiger partial charge in [-0.3, -0.25) is 14.9 Å². The molecule has 1 aromatic heterocycles. The second kappa shape index (κ2) is 7.84. The van der Waals surface area contributed by atoms with Gasteiger partial charge < -0.3 is 9.80 Å². The number of non-ortho nitro benzene ring substituents is 1. The van der Waals surface area contributed by atoms with Gasteiger partial charge >= 0.3 is 0 Å². The van der Waals surface area contributed by atoms with E-state index in [0.717, 1.165) is 18.7 Å². The lowest BCUT2D eigenvalue weighted by Crippen LogP contribution is -2.47. The third-order valence-electron chi connectivity index (χ3n) is 5.14. The molecular formula is C21H21N5O3.